The van der Waals surface area contributed by atoms with Crippen molar-refractivity contribution in [1.82, 2.24) is 10.2 Å². The van der Waals surface area contributed by atoms with E-state index < -0.39 is 0 Å². The number of hydrogen-bond acceptors (Lipinski definition) is 3. The van der Waals surface area contributed by atoms with Crippen molar-refractivity contribution in [3.05, 3.63) is 70.8 Å². The van der Waals surface area contributed by atoms with Gasteiger partial charge in [-0.2, -0.15) is 0 Å². The highest BCUT2D eigenvalue weighted by Crippen LogP contribution is 2.41. The van der Waals surface area contributed by atoms with E-state index in [0.717, 1.165) is 30.8 Å². The van der Waals surface area contributed by atoms with E-state index in [1.165, 1.54) is 11.1 Å². The van der Waals surface area contributed by atoms with Crippen molar-refractivity contribution in [2.45, 2.75) is 18.5 Å². The van der Waals surface area contributed by atoms with E-state index in [1.54, 1.807) is 0 Å². The van der Waals surface area contributed by atoms with E-state index in [9.17, 15) is 4.79 Å². The number of nitrogens with two attached hydrogens (primary N) is 1. The molecule has 0 radical (unpaired) electrons. The summed E-state index contributed by atoms with van der Waals surface area (Å²) in [6.45, 7) is 2.99. The standard InChI is InChI=1S/C19H21N3O.2ClH/c20-11-14-7-4-8-15-17(14)16(13-5-2-1-3-6-13)12-22-10-9-21-19(23)18(15)22;;/h1-8,16,18H,9-12,20H2,(H,21,23);2*1H/t16-,18+;;/m0../s1. The Hall–Kier alpha value is -1.59. The lowest BCUT2D eigenvalue weighted by molar-refractivity contribution is -0.129. The number of rotatable bonds is 2. The van der Waals surface area contributed by atoms with Crippen molar-refractivity contribution >= 4 is 30.7 Å². The Balaban J connectivity index is 0.00000113. The first kappa shape index (κ1) is 19.7. The lowest BCUT2D eigenvalue weighted by Crippen LogP contribution is -2.53. The summed E-state index contributed by atoms with van der Waals surface area (Å²) in [7, 11) is 0. The van der Waals surface area contributed by atoms with E-state index in [4.69, 9.17) is 5.73 Å². The molecule has 0 aliphatic carbocycles. The molecular formula is C19H23Cl2N3O. The van der Waals surface area contributed by atoms with Gasteiger partial charge in [0.2, 0.25) is 5.91 Å². The van der Waals surface area contributed by atoms with Crippen LogP contribution in [-0.4, -0.2) is 30.4 Å². The van der Waals surface area contributed by atoms with Crippen LogP contribution in [0.3, 0.4) is 0 Å². The van der Waals surface area contributed by atoms with Gasteiger partial charge < -0.3 is 11.1 Å². The fraction of sp³-hybridized carbons (Fsp3) is 0.316. The highest BCUT2D eigenvalue weighted by molar-refractivity contribution is 5.86. The molecule has 0 unspecified atom stereocenters. The van der Waals surface area contributed by atoms with E-state index in [-0.39, 0.29) is 42.7 Å². The number of hydrogen-bond donors (Lipinski definition) is 2. The third-order valence-corrected chi connectivity index (χ3v) is 5.02. The van der Waals surface area contributed by atoms with Crippen molar-refractivity contribution in [3.8, 4) is 0 Å². The molecule has 25 heavy (non-hydrogen) atoms. The summed E-state index contributed by atoms with van der Waals surface area (Å²) in [5.41, 5.74) is 10.8. The van der Waals surface area contributed by atoms with E-state index in [2.05, 4.69) is 46.6 Å². The van der Waals surface area contributed by atoms with Crippen LogP contribution >= 0.6 is 24.8 Å². The molecule has 4 nitrogen and oxygen atoms in total. The first-order valence-corrected chi connectivity index (χ1v) is 8.18. The Morgan fingerprint density at radius 2 is 1.84 bits per heavy atom. The van der Waals surface area contributed by atoms with Gasteiger partial charge in [0.25, 0.3) is 0 Å². The molecule has 2 aromatic rings. The lowest BCUT2D eigenvalue weighted by atomic mass is 9.78. The highest BCUT2D eigenvalue weighted by atomic mass is 35.5. The van der Waals surface area contributed by atoms with Crippen molar-refractivity contribution in [2.75, 3.05) is 19.6 Å². The first-order valence-electron chi connectivity index (χ1n) is 8.18. The van der Waals surface area contributed by atoms with Crippen LogP contribution in [0.25, 0.3) is 0 Å². The zero-order chi connectivity index (χ0) is 15.8. The van der Waals surface area contributed by atoms with Crippen molar-refractivity contribution in [3.63, 3.8) is 0 Å². The second-order valence-electron chi connectivity index (χ2n) is 6.28. The highest BCUT2D eigenvalue weighted by Gasteiger charge is 2.40. The molecule has 1 fully saturated rings. The van der Waals surface area contributed by atoms with Gasteiger partial charge in [-0.05, 0) is 22.3 Å². The van der Waals surface area contributed by atoms with Crippen LogP contribution in [0.4, 0.5) is 0 Å². The number of piperazine rings is 1. The molecule has 134 valence electrons. The fourth-order valence-corrected chi connectivity index (χ4v) is 4.01. The molecule has 6 heteroatoms. The summed E-state index contributed by atoms with van der Waals surface area (Å²) in [5.74, 6) is 0.381. The molecule has 1 saturated heterocycles. The normalized spacial score (nSPS) is 21.9. The predicted octanol–water partition coefficient (Wildman–Crippen LogP) is 2.61. The van der Waals surface area contributed by atoms with Gasteiger partial charge in [-0.25, -0.2) is 0 Å². The number of nitrogens with one attached hydrogen (secondary N) is 1. The van der Waals surface area contributed by atoms with Crippen LogP contribution in [0.2, 0.25) is 0 Å². The van der Waals surface area contributed by atoms with Gasteiger partial charge in [-0.15, -0.1) is 24.8 Å². The average molecular weight is 380 g/mol. The molecule has 0 bridgehead atoms. The fourth-order valence-electron chi connectivity index (χ4n) is 4.01. The van der Waals surface area contributed by atoms with Crippen LogP contribution < -0.4 is 11.1 Å². The van der Waals surface area contributed by atoms with Crippen molar-refractivity contribution in [1.29, 1.82) is 0 Å². The number of carbonyl (C=O) groups is 1. The van der Waals surface area contributed by atoms with Gasteiger partial charge in [-0.3, -0.25) is 9.69 Å². The minimum atomic E-state index is -0.176. The predicted molar refractivity (Wildman–Crippen MR) is 104 cm³/mol. The summed E-state index contributed by atoms with van der Waals surface area (Å²) < 4.78 is 0. The third kappa shape index (κ3) is 3.40. The zero-order valence-corrected chi connectivity index (χ0v) is 15.5. The second-order valence-corrected chi connectivity index (χ2v) is 6.28. The molecule has 2 heterocycles. The maximum atomic E-state index is 12.5. The summed E-state index contributed by atoms with van der Waals surface area (Å²) >= 11 is 0. The summed E-state index contributed by atoms with van der Waals surface area (Å²) in [5, 5.41) is 3.00. The van der Waals surface area contributed by atoms with Crippen LogP contribution in [0, 0.1) is 0 Å². The van der Waals surface area contributed by atoms with Gasteiger partial charge in [0, 0.05) is 32.1 Å². The monoisotopic (exact) mass is 379 g/mol. The zero-order valence-electron chi connectivity index (χ0n) is 13.9. The number of halogens is 2. The summed E-state index contributed by atoms with van der Waals surface area (Å²) in [6, 6.07) is 16.6. The molecule has 3 N–H and O–H groups in total. The van der Waals surface area contributed by atoms with Gasteiger partial charge in [0.05, 0.1) is 0 Å². The van der Waals surface area contributed by atoms with Crippen LogP contribution in [0.5, 0.6) is 0 Å². The molecular weight excluding hydrogens is 357 g/mol. The van der Waals surface area contributed by atoms with Crippen LogP contribution in [0.15, 0.2) is 48.5 Å². The minimum absolute atomic E-state index is 0. The maximum Gasteiger partial charge on any atom is 0.242 e. The molecule has 2 aliphatic rings. The number of nitrogens with zero attached hydrogens (tertiary/aromatic N) is 1. The average Bonchev–Trinajstić information content (AvgIpc) is 2.61. The Kier molecular flexibility index (Phi) is 6.47. The Morgan fingerprint density at radius 3 is 2.56 bits per heavy atom. The van der Waals surface area contributed by atoms with Gasteiger partial charge in [0.15, 0.2) is 0 Å². The number of benzene rings is 2. The van der Waals surface area contributed by atoms with Gasteiger partial charge >= 0.3 is 0 Å². The SMILES string of the molecule is Cl.Cl.NCc1cccc2c1[C@H](c1ccccc1)CN1CCNC(=O)[C@@H]21. The summed E-state index contributed by atoms with van der Waals surface area (Å²) in [6.07, 6.45) is 0. The molecule has 0 saturated carbocycles. The molecule has 2 aliphatic heterocycles. The van der Waals surface area contributed by atoms with Crippen LogP contribution in [0.1, 0.15) is 34.2 Å². The van der Waals surface area contributed by atoms with Crippen molar-refractivity contribution < 1.29 is 4.79 Å². The van der Waals surface area contributed by atoms with Crippen molar-refractivity contribution in [2.24, 2.45) is 5.73 Å². The van der Waals surface area contributed by atoms with E-state index in [0.29, 0.717) is 6.54 Å². The largest absolute Gasteiger partial charge is 0.353 e. The molecule has 0 aromatic heterocycles. The van der Waals surface area contributed by atoms with E-state index >= 15 is 0 Å². The lowest BCUT2D eigenvalue weighted by Gasteiger charge is -2.44. The quantitative estimate of drug-likeness (QED) is 0.842. The van der Waals surface area contributed by atoms with Gasteiger partial charge in [-0.1, -0.05) is 48.5 Å². The first-order chi connectivity index (χ1) is 11.3. The van der Waals surface area contributed by atoms with E-state index in [1.807, 2.05) is 12.1 Å². The smallest absolute Gasteiger partial charge is 0.242 e. The number of amides is 1. The Morgan fingerprint density at radius 1 is 1.08 bits per heavy atom. The number of fused-ring (bicyclic) bond motifs is 3. The Bertz CT molecular complexity index is 739. The maximum absolute atomic E-state index is 12.5. The molecule has 1 amide bonds. The minimum Gasteiger partial charge on any atom is -0.353 e. The molecule has 2 atom stereocenters. The number of carbonyl (C=O) groups excluding carboxylic acids is 1. The van der Waals surface area contributed by atoms with Crippen LogP contribution in [-0.2, 0) is 11.3 Å². The third-order valence-electron chi connectivity index (χ3n) is 5.02. The Labute approximate surface area is 160 Å². The molecule has 0 spiro atoms. The second kappa shape index (κ2) is 8.19. The molecule has 2 aromatic carbocycles. The molecule has 4 rings (SSSR count). The topological polar surface area (TPSA) is 58.4 Å². The van der Waals surface area contributed by atoms with Gasteiger partial charge in [0.1, 0.15) is 6.04 Å². The summed E-state index contributed by atoms with van der Waals surface area (Å²) in [4.78, 5) is 14.8.